The third-order valence-electron chi connectivity index (χ3n) is 3.79. The average molecular weight is 291 g/mol. The van der Waals surface area contributed by atoms with Gasteiger partial charge in [0.25, 0.3) is 0 Å². The highest BCUT2D eigenvalue weighted by atomic mass is 32.1. The zero-order valence-corrected chi connectivity index (χ0v) is 12.4. The summed E-state index contributed by atoms with van der Waals surface area (Å²) in [7, 11) is 0. The summed E-state index contributed by atoms with van der Waals surface area (Å²) < 4.78 is 5.04. The molecule has 0 radical (unpaired) electrons. The molecule has 0 spiro atoms. The zero-order chi connectivity index (χ0) is 14.1. The SMILES string of the molecule is Cc1nc(C2CCCN2C(=O)C(C)c2ccsc2)no1. The monoisotopic (exact) mass is 291 g/mol. The second kappa shape index (κ2) is 5.36. The molecule has 2 atom stereocenters. The largest absolute Gasteiger partial charge is 0.340 e. The molecule has 20 heavy (non-hydrogen) atoms. The van der Waals surface area contributed by atoms with Crippen molar-refractivity contribution in [3.63, 3.8) is 0 Å². The maximum Gasteiger partial charge on any atom is 0.230 e. The Balaban J connectivity index is 1.80. The Morgan fingerprint density at radius 3 is 3.10 bits per heavy atom. The van der Waals surface area contributed by atoms with E-state index in [1.165, 1.54) is 0 Å². The van der Waals surface area contributed by atoms with Gasteiger partial charge < -0.3 is 9.42 Å². The number of aryl methyl sites for hydroxylation is 1. The lowest BCUT2D eigenvalue weighted by atomic mass is 10.0. The second-order valence-electron chi connectivity index (χ2n) is 5.14. The quantitative estimate of drug-likeness (QED) is 0.872. The normalized spacial score (nSPS) is 20.3. The summed E-state index contributed by atoms with van der Waals surface area (Å²) in [6.07, 6.45) is 1.89. The molecule has 0 aliphatic carbocycles. The number of hydrogen-bond acceptors (Lipinski definition) is 5. The van der Waals surface area contributed by atoms with Gasteiger partial charge in [-0.25, -0.2) is 0 Å². The highest BCUT2D eigenvalue weighted by Crippen LogP contribution is 2.33. The molecule has 2 unspecified atom stereocenters. The fourth-order valence-corrected chi connectivity index (χ4v) is 3.42. The minimum Gasteiger partial charge on any atom is -0.340 e. The van der Waals surface area contributed by atoms with Crippen LogP contribution in [-0.4, -0.2) is 27.5 Å². The van der Waals surface area contributed by atoms with Crippen LogP contribution in [0.25, 0.3) is 0 Å². The molecule has 0 aromatic carbocycles. The molecule has 1 amide bonds. The van der Waals surface area contributed by atoms with E-state index >= 15 is 0 Å². The number of thiophene rings is 1. The molecule has 1 fully saturated rings. The highest BCUT2D eigenvalue weighted by molar-refractivity contribution is 7.08. The number of likely N-dealkylation sites (tertiary alicyclic amines) is 1. The summed E-state index contributed by atoms with van der Waals surface area (Å²) in [5, 5.41) is 8.01. The Kier molecular flexibility index (Phi) is 3.56. The fraction of sp³-hybridized carbons (Fsp3) is 0.500. The van der Waals surface area contributed by atoms with Crippen LogP contribution < -0.4 is 0 Å². The molecule has 2 aromatic heterocycles. The molecule has 6 heteroatoms. The molecule has 106 valence electrons. The maximum absolute atomic E-state index is 12.7. The van der Waals surface area contributed by atoms with Crippen LogP contribution in [-0.2, 0) is 4.79 Å². The second-order valence-corrected chi connectivity index (χ2v) is 5.92. The van der Waals surface area contributed by atoms with E-state index in [9.17, 15) is 4.79 Å². The smallest absolute Gasteiger partial charge is 0.230 e. The van der Waals surface area contributed by atoms with Crippen molar-refractivity contribution in [3.8, 4) is 0 Å². The van der Waals surface area contributed by atoms with E-state index in [-0.39, 0.29) is 17.9 Å². The predicted octanol–water partition coefficient (Wildman–Crippen LogP) is 2.91. The first-order chi connectivity index (χ1) is 9.66. The number of aromatic nitrogens is 2. The Morgan fingerprint density at radius 1 is 1.60 bits per heavy atom. The van der Waals surface area contributed by atoms with Crippen LogP contribution in [0.2, 0.25) is 0 Å². The van der Waals surface area contributed by atoms with Crippen LogP contribution in [0, 0.1) is 6.92 Å². The van der Waals surface area contributed by atoms with Crippen molar-refractivity contribution in [3.05, 3.63) is 34.1 Å². The summed E-state index contributed by atoms with van der Waals surface area (Å²) in [4.78, 5) is 18.9. The number of carbonyl (C=O) groups is 1. The maximum atomic E-state index is 12.7. The van der Waals surface area contributed by atoms with Gasteiger partial charge in [0.15, 0.2) is 5.82 Å². The molecule has 0 bridgehead atoms. The van der Waals surface area contributed by atoms with Crippen LogP contribution in [0.5, 0.6) is 0 Å². The predicted molar refractivity (Wildman–Crippen MR) is 75.5 cm³/mol. The van der Waals surface area contributed by atoms with Gasteiger partial charge in [0.1, 0.15) is 0 Å². The van der Waals surface area contributed by atoms with Crippen LogP contribution in [0.15, 0.2) is 21.3 Å². The highest BCUT2D eigenvalue weighted by Gasteiger charge is 2.35. The van der Waals surface area contributed by atoms with Crippen molar-refractivity contribution < 1.29 is 9.32 Å². The van der Waals surface area contributed by atoms with Crippen molar-refractivity contribution >= 4 is 17.2 Å². The summed E-state index contributed by atoms with van der Waals surface area (Å²) in [5.74, 6) is 1.21. The summed E-state index contributed by atoms with van der Waals surface area (Å²) in [5.41, 5.74) is 1.08. The lowest BCUT2D eigenvalue weighted by Crippen LogP contribution is -2.34. The standard InChI is InChI=1S/C14H17N3O2S/c1-9(11-5-7-20-8-11)14(18)17-6-3-4-12(17)13-15-10(2)19-16-13/h5,7-9,12H,3-4,6H2,1-2H3. The summed E-state index contributed by atoms with van der Waals surface area (Å²) in [6.45, 7) is 4.50. The van der Waals surface area contributed by atoms with Crippen LogP contribution in [0.3, 0.4) is 0 Å². The van der Waals surface area contributed by atoms with Gasteiger partial charge in [-0.15, -0.1) is 0 Å². The van der Waals surface area contributed by atoms with Gasteiger partial charge in [0.05, 0.1) is 12.0 Å². The van der Waals surface area contributed by atoms with Gasteiger partial charge >= 0.3 is 0 Å². The number of amides is 1. The molecule has 5 nitrogen and oxygen atoms in total. The lowest BCUT2D eigenvalue weighted by molar-refractivity contribution is -0.133. The third kappa shape index (κ3) is 2.35. The van der Waals surface area contributed by atoms with Crippen molar-refractivity contribution in [1.82, 2.24) is 15.0 Å². The van der Waals surface area contributed by atoms with Crippen LogP contribution in [0.1, 0.15) is 49.0 Å². The topological polar surface area (TPSA) is 59.2 Å². The van der Waals surface area contributed by atoms with Gasteiger partial charge in [0, 0.05) is 13.5 Å². The van der Waals surface area contributed by atoms with Gasteiger partial charge in [0.2, 0.25) is 11.8 Å². The minimum absolute atomic E-state index is 0.0407. The van der Waals surface area contributed by atoms with E-state index < -0.39 is 0 Å². The molecule has 2 aromatic rings. The number of carbonyl (C=O) groups excluding carboxylic acids is 1. The average Bonchev–Trinajstić information content (AvgIpc) is 3.17. The van der Waals surface area contributed by atoms with Crippen molar-refractivity contribution in [2.45, 2.75) is 38.6 Å². The van der Waals surface area contributed by atoms with E-state index in [1.807, 2.05) is 28.7 Å². The Labute approximate surface area is 121 Å². The zero-order valence-electron chi connectivity index (χ0n) is 11.6. The summed E-state index contributed by atoms with van der Waals surface area (Å²) >= 11 is 1.62. The van der Waals surface area contributed by atoms with Crippen LogP contribution >= 0.6 is 11.3 Å². The minimum atomic E-state index is -0.116. The molecule has 1 aliphatic heterocycles. The first-order valence-corrected chi connectivity index (χ1v) is 7.74. The van der Waals surface area contributed by atoms with E-state index in [2.05, 4.69) is 10.1 Å². The summed E-state index contributed by atoms with van der Waals surface area (Å²) in [6, 6.07) is 1.97. The molecular formula is C14H17N3O2S. The molecule has 0 saturated carbocycles. The van der Waals surface area contributed by atoms with E-state index in [1.54, 1.807) is 18.3 Å². The molecule has 1 aliphatic rings. The first-order valence-electron chi connectivity index (χ1n) is 6.79. The molecule has 0 N–H and O–H groups in total. The molecular weight excluding hydrogens is 274 g/mol. The molecule has 3 rings (SSSR count). The third-order valence-corrected chi connectivity index (χ3v) is 4.49. The Bertz CT molecular complexity index is 593. The lowest BCUT2D eigenvalue weighted by Gasteiger charge is -2.25. The van der Waals surface area contributed by atoms with Crippen molar-refractivity contribution in [2.24, 2.45) is 0 Å². The number of nitrogens with zero attached hydrogens (tertiary/aromatic N) is 3. The molecule has 1 saturated heterocycles. The Hall–Kier alpha value is -1.69. The van der Waals surface area contributed by atoms with Crippen molar-refractivity contribution in [1.29, 1.82) is 0 Å². The van der Waals surface area contributed by atoms with Gasteiger partial charge in [-0.3, -0.25) is 4.79 Å². The van der Waals surface area contributed by atoms with Gasteiger partial charge in [-0.1, -0.05) is 5.16 Å². The number of rotatable bonds is 3. The first kappa shape index (κ1) is 13.3. The van der Waals surface area contributed by atoms with E-state index in [4.69, 9.17) is 4.52 Å². The van der Waals surface area contributed by atoms with Crippen molar-refractivity contribution in [2.75, 3.05) is 6.54 Å². The van der Waals surface area contributed by atoms with Gasteiger partial charge in [-0.05, 0) is 42.2 Å². The Morgan fingerprint density at radius 2 is 2.45 bits per heavy atom. The van der Waals surface area contributed by atoms with Gasteiger partial charge in [-0.2, -0.15) is 16.3 Å². The fourth-order valence-electron chi connectivity index (χ4n) is 2.66. The van der Waals surface area contributed by atoms with Crippen LogP contribution in [0.4, 0.5) is 0 Å². The molecule has 3 heterocycles. The number of hydrogen-bond donors (Lipinski definition) is 0. The van der Waals surface area contributed by atoms with E-state index in [0.717, 1.165) is 24.9 Å². The van der Waals surface area contributed by atoms with E-state index in [0.29, 0.717) is 11.7 Å².